The molecule has 0 spiro atoms. The highest BCUT2D eigenvalue weighted by atomic mass is 79.9. The van der Waals surface area contributed by atoms with Crippen molar-refractivity contribution in [1.82, 2.24) is 19.9 Å². The molecule has 0 fully saturated rings. The van der Waals surface area contributed by atoms with Gasteiger partial charge in [0.05, 0.1) is 23.0 Å². The minimum atomic E-state index is 0.418. The Bertz CT molecular complexity index is 1050. The molecule has 2 atom stereocenters. The molecular formula is C24H32BrN5O. The van der Waals surface area contributed by atoms with Gasteiger partial charge in [-0.05, 0) is 47.3 Å². The number of halogens is 1. The van der Waals surface area contributed by atoms with Gasteiger partial charge < -0.3 is 4.74 Å². The van der Waals surface area contributed by atoms with Gasteiger partial charge in [0, 0.05) is 41.9 Å². The van der Waals surface area contributed by atoms with Crippen LogP contribution in [0.5, 0.6) is 5.88 Å². The Hall–Kier alpha value is -2.41. The highest BCUT2D eigenvalue weighted by Gasteiger charge is 2.28. The van der Waals surface area contributed by atoms with Gasteiger partial charge in [0.1, 0.15) is 5.82 Å². The largest absolute Gasteiger partial charge is 0.481 e. The van der Waals surface area contributed by atoms with E-state index in [0.717, 1.165) is 39.1 Å². The van der Waals surface area contributed by atoms with Crippen molar-refractivity contribution >= 4 is 38.4 Å². The Labute approximate surface area is 193 Å². The zero-order valence-electron chi connectivity index (χ0n) is 19.7. The van der Waals surface area contributed by atoms with E-state index >= 15 is 0 Å². The van der Waals surface area contributed by atoms with Crippen LogP contribution in [0.3, 0.4) is 0 Å². The summed E-state index contributed by atoms with van der Waals surface area (Å²) in [4.78, 5) is 21.9. The predicted molar refractivity (Wildman–Crippen MR) is 132 cm³/mol. The molecular weight excluding hydrogens is 454 g/mol. The topological polar surface area (TPSA) is 73.2 Å². The fraction of sp³-hybridized carbons (Fsp3) is 0.458. The summed E-state index contributed by atoms with van der Waals surface area (Å²) < 4.78 is 6.12. The summed E-state index contributed by atoms with van der Waals surface area (Å²) in [5.74, 6) is 2.34. The summed E-state index contributed by atoms with van der Waals surface area (Å²) in [6.45, 7) is 14.6. The molecule has 3 aromatic rings. The first kappa shape index (κ1) is 24.9. The van der Waals surface area contributed by atoms with Gasteiger partial charge in [-0.2, -0.15) is 4.98 Å². The van der Waals surface area contributed by atoms with Crippen LogP contribution in [-0.2, 0) is 6.42 Å². The molecule has 0 saturated carbocycles. The number of methoxy groups -OCH3 is 1. The molecule has 7 heteroatoms. The van der Waals surface area contributed by atoms with E-state index in [1.165, 1.54) is 11.3 Å². The van der Waals surface area contributed by atoms with Crippen molar-refractivity contribution in [2.24, 2.45) is 10.9 Å². The Morgan fingerprint density at radius 1 is 1.00 bits per heavy atom. The Balaban J connectivity index is 0.000000261. The first-order chi connectivity index (χ1) is 14.8. The van der Waals surface area contributed by atoms with E-state index in [0.29, 0.717) is 17.7 Å². The van der Waals surface area contributed by atoms with Crippen molar-refractivity contribution in [3.63, 3.8) is 0 Å². The molecule has 31 heavy (non-hydrogen) atoms. The number of aliphatic imine (C=N–C) groups is 1. The number of fused-ring (bicyclic) bond motifs is 3. The minimum absolute atomic E-state index is 0.418. The molecule has 0 bridgehead atoms. The molecule has 0 aliphatic carbocycles. The molecule has 6 nitrogen and oxygen atoms in total. The van der Waals surface area contributed by atoms with E-state index in [4.69, 9.17) is 9.73 Å². The second kappa shape index (κ2) is 11.3. The van der Waals surface area contributed by atoms with Crippen LogP contribution in [0.15, 0.2) is 34.0 Å². The number of rotatable bonds is 2. The van der Waals surface area contributed by atoms with Gasteiger partial charge in [0.25, 0.3) is 0 Å². The predicted octanol–water partition coefficient (Wildman–Crippen LogP) is 6.62. The lowest BCUT2D eigenvalue weighted by Crippen LogP contribution is -2.20. The molecule has 2 unspecified atom stereocenters. The number of pyridine rings is 2. The van der Waals surface area contributed by atoms with Crippen LogP contribution in [-0.4, -0.2) is 32.8 Å². The third-order valence-electron chi connectivity index (χ3n) is 5.36. The Kier molecular flexibility index (Phi) is 9.04. The van der Waals surface area contributed by atoms with Crippen molar-refractivity contribution < 1.29 is 4.74 Å². The zero-order valence-corrected chi connectivity index (χ0v) is 21.3. The number of hydrogen-bond donors (Lipinski definition) is 0. The molecule has 1 aliphatic rings. The van der Waals surface area contributed by atoms with E-state index in [-0.39, 0.29) is 0 Å². The quantitative estimate of drug-likeness (QED) is 0.407. The van der Waals surface area contributed by atoms with Crippen LogP contribution in [0.1, 0.15) is 64.5 Å². The standard InChI is InChI=1S/C16H19N3O.C6H7BrN2.C2H6/c1-8-9(2)14-12-6-7-13(20-5)19-16(12)18-11(4)15(14)17-10(8)3;1-2-6-8-3-5(7)4-9-6;1-2/h6-9H,1-5H3;3-4H,2H2,1H3;1-2H3. The normalized spacial score (nSPS) is 16.9. The maximum absolute atomic E-state index is 5.19. The molecule has 0 N–H and O–H groups in total. The van der Waals surface area contributed by atoms with Gasteiger partial charge >= 0.3 is 0 Å². The van der Waals surface area contributed by atoms with E-state index in [1.807, 2.05) is 39.8 Å². The molecule has 0 amide bonds. The molecule has 0 aromatic carbocycles. The smallest absolute Gasteiger partial charge is 0.215 e. The Morgan fingerprint density at radius 2 is 1.65 bits per heavy atom. The van der Waals surface area contributed by atoms with E-state index in [2.05, 4.69) is 56.6 Å². The molecule has 0 radical (unpaired) electrons. The van der Waals surface area contributed by atoms with Crippen molar-refractivity contribution in [2.45, 2.75) is 60.8 Å². The van der Waals surface area contributed by atoms with Gasteiger partial charge in [-0.15, -0.1) is 0 Å². The third-order valence-corrected chi connectivity index (χ3v) is 5.77. The highest BCUT2D eigenvalue weighted by molar-refractivity contribution is 9.10. The van der Waals surface area contributed by atoms with Crippen LogP contribution >= 0.6 is 15.9 Å². The molecule has 4 rings (SSSR count). The van der Waals surface area contributed by atoms with Crippen LogP contribution in [0.2, 0.25) is 0 Å². The maximum atomic E-state index is 5.19. The first-order valence-corrected chi connectivity index (χ1v) is 11.5. The minimum Gasteiger partial charge on any atom is -0.481 e. The first-order valence-electron chi connectivity index (χ1n) is 10.7. The summed E-state index contributed by atoms with van der Waals surface area (Å²) in [5, 5.41) is 1.09. The average molecular weight is 486 g/mol. The highest BCUT2D eigenvalue weighted by Crippen LogP contribution is 2.42. The van der Waals surface area contributed by atoms with Gasteiger partial charge in [-0.1, -0.05) is 34.6 Å². The maximum Gasteiger partial charge on any atom is 0.215 e. The number of aromatic nitrogens is 4. The van der Waals surface area contributed by atoms with E-state index in [1.54, 1.807) is 19.5 Å². The summed E-state index contributed by atoms with van der Waals surface area (Å²) >= 11 is 3.25. The lowest BCUT2D eigenvalue weighted by molar-refractivity contribution is 0.399. The molecule has 3 aromatic heterocycles. The van der Waals surface area contributed by atoms with Crippen LogP contribution in [0.4, 0.5) is 5.69 Å². The lowest BCUT2D eigenvalue weighted by Gasteiger charge is -2.28. The summed E-state index contributed by atoms with van der Waals surface area (Å²) in [5.41, 5.74) is 5.14. The number of hydrogen-bond acceptors (Lipinski definition) is 6. The summed E-state index contributed by atoms with van der Waals surface area (Å²) in [7, 11) is 1.62. The van der Waals surface area contributed by atoms with Gasteiger partial charge in [0.2, 0.25) is 5.88 Å². The van der Waals surface area contributed by atoms with Gasteiger partial charge in [-0.25, -0.2) is 15.0 Å². The third kappa shape index (κ3) is 5.64. The fourth-order valence-electron chi connectivity index (χ4n) is 3.39. The number of nitrogens with zero attached hydrogens (tertiary/aromatic N) is 5. The van der Waals surface area contributed by atoms with Crippen molar-refractivity contribution in [3.8, 4) is 5.88 Å². The fourth-order valence-corrected chi connectivity index (χ4v) is 3.59. The second-order valence-corrected chi connectivity index (χ2v) is 8.10. The second-order valence-electron chi connectivity index (χ2n) is 7.19. The monoisotopic (exact) mass is 485 g/mol. The summed E-state index contributed by atoms with van der Waals surface area (Å²) in [6.07, 6.45) is 4.41. The molecule has 4 heterocycles. The van der Waals surface area contributed by atoms with E-state index < -0.39 is 0 Å². The summed E-state index contributed by atoms with van der Waals surface area (Å²) in [6, 6.07) is 3.94. The van der Waals surface area contributed by atoms with Crippen molar-refractivity contribution in [3.05, 3.63) is 46.1 Å². The van der Waals surface area contributed by atoms with Crippen molar-refractivity contribution in [1.29, 1.82) is 0 Å². The van der Waals surface area contributed by atoms with Crippen molar-refractivity contribution in [2.75, 3.05) is 7.11 Å². The van der Waals surface area contributed by atoms with Crippen LogP contribution in [0.25, 0.3) is 11.0 Å². The van der Waals surface area contributed by atoms with Crippen LogP contribution in [0, 0.1) is 12.8 Å². The molecule has 1 aliphatic heterocycles. The zero-order chi connectivity index (χ0) is 23.1. The number of ether oxygens (including phenoxy) is 1. The van der Waals surface area contributed by atoms with Gasteiger partial charge in [-0.3, -0.25) is 4.99 Å². The van der Waals surface area contributed by atoms with Crippen LogP contribution < -0.4 is 4.74 Å². The number of aryl methyl sites for hydroxylation is 2. The molecule has 166 valence electrons. The lowest BCUT2D eigenvalue weighted by atomic mass is 9.81. The van der Waals surface area contributed by atoms with E-state index in [9.17, 15) is 0 Å². The molecule has 0 saturated heterocycles. The Morgan fingerprint density at radius 3 is 2.23 bits per heavy atom. The average Bonchev–Trinajstić information content (AvgIpc) is 2.79. The SMILES string of the molecule is CC.CCc1ncc(Br)cn1.COc1ccc2c3c(c(C)nc2n1)N=C(C)C(C)C3C. The van der Waals surface area contributed by atoms with Gasteiger partial charge in [0.15, 0.2) is 5.65 Å².